The van der Waals surface area contributed by atoms with Gasteiger partial charge in [0.15, 0.2) is 0 Å². The zero-order valence-electron chi connectivity index (χ0n) is 12.2. The molecular formula is C18H20N2O. The molecule has 0 aromatic heterocycles. The Morgan fingerprint density at radius 2 is 1.86 bits per heavy atom. The van der Waals surface area contributed by atoms with E-state index in [1.807, 2.05) is 19.1 Å². The first kappa shape index (κ1) is 13.8. The molecule has 2 aromatic rings. The Hall–Kier alpha value is -2.13. The van der Waals surface area contributed by atoms with E-state index in [1.54, 1.807) is 6.07 Å². The van der Waals surface area contributed by atoms with Crippen molar-refractivity contribution < 1.29 is 4.79 Å². The molecule has 1 aliphatic carbocycles. The van der Waals surface area contributed by atoms with Crippen LogP contribution in [0.2, 0.25) is 0 Å². The van der Waals surface area contributed by atoms with Crippen molar-refractivity contribution in [1.29, 1.82) is 0 Å². The summed E-state index contributed by atoms with van der Waals surface area (Å²) in [6.07, 6.45) is 2.18. The molecule has 2 aromatic carbocycles. The molecule has 0 atom stereocenters. The molecule has 0 aliphatic heterocycles. The molecule has 0 bridgehead atoms. The number of carbonyl (C=O) groups is 1. The maximum atomic E-state index is 11.2. The predicted octanol–water partition coefficient (Wildman–Crippen LogP) is 2.35. The lowest BCUT2D eigenvalue weighted by molar-refractivity contribution is 0.1000. The van der Waals surface area contributed by atoms with Crippen molar-refractivity contribution in [3.8, 4) is 0 Å². The number of hydrogen-bond donors (Lipinski definition) is 2. The van der Waals surface area contributed by atoms with Crippen LogP contribution in [0.15, 0.2) is 42.5 Å². The molecule has 1 aliphatic rings. The Labute approximate surface area is 125 Å². The molecular weight excluding hydrogens is 260 g/mol. The second-order valence-electron chi connectivity index (χ2n) is 5.76. The molecule has 0 saturated carbocycles. The fraction of sp³-hybridized carbons (Fsp3) is 0.278. The number of hydrogen-bond acceptors (Lipinski definition) is 2. The topological polar surface area (TPSA) is 55.1 Å². The average molecular weight is 280 g/mol. The lowest BCUT2D eigenvalue weighted by atomic mass is 10.0. The molecule has 0 saturated heterocycles. The van der Waals surface area contributed by atoms with Gasteiger partial charge in [-0.2, -0.15) is 0 Å². The Bertz CT molecular complexity index is 654. The monoisotopic (exact) mass is 280 g/mol. The van der Waals surface area contributed by atoms with Crippen molar-refractivity contribution in [2.75, 3.05) is 0 Å². The summed E-state index contributed by atoms with van der Waals surface area (Å²) in [7, 11) is 0. The molecule has 3 heteroatoms. The maximum absolute atomic E-state index is 11.2. The van der Waals surface area contributed by atoms with Crippen LogP contribution in [0.1, 0.15) is 32.6 Å². The molecule has 0 heterocycles. The van der Waals surface area contributed by atoms with Gasteiger partial charge >= 0.3 is 0 Å². The van der Waals surface area contributed by atoms with E-state index in [0.29, 0.717) is 11.6 Å². The van der Waals surface area contributed by atoms with Crippen molar-refractivity contribution in [1.82, 2.24) is 5.32 Å². The molecule has 0 spiro atoms. The highest BCUT2D eigenvalue weighted by Gasteiger charge is 2.20. The first-order valence-corrected chi connectivity index (χ1v) is 7.33. The van der Waals surface area contributed by atoms with E-state index in [-0.39, 0.29) is 5.91 Å². The smallest absolute Gasteiger partial charge is 0.248 e. The number of aryl methyl sites for hydroxylation is 1. The molecule has 3 nitrogen and oxygen atoms in total. The van der Waals surface area contributed by atoms with E-state index in [0.717, 1.165) is 24.9 Å². The van der Waals surface area contributed by atoms with Gasteiger partial charge in [-0.1, -0.05) is 30.3 Å². The van der Waals surface area contributed by atoms with Crippen LogP contribution >= 0.6 is 0 Å². The Kier molecular flexibility index (Phi) is 3.76. The number of nitrogens with one attached hydrogen (secondary N) is 1. The Balaban J connectivity index is 1.63. The summed E-state index contributed by atoms with van der Waals surface area (Å²) in [6.45, 7) is 2.84. The molecule has 3 rings (SSSR count). The van der Waals surface area contributed by atoms with Crippen LogP contribution in [0.4, 0.5) is 0 Å². The fourth-order valence-corrected chi connectivity index (χ4v) is 3.00. The van der Waals surface area contributed by atoms with Crippen LogP contribution in [0.5, 0.6) is 0 Å². The minimum Gasteiger partial charge on any atom is -0.366 e. The SMILES string of the molecule is Cc1cc(C(N)=O)ccc1CNC1Cc2ccccc2C1. The van der Waals surface area contributed by atoms with E-state index in [2.05, 4.69) is 29.6 Å². The quantitative estimate of drug-likeness (QED) is 0.903. The minimum atomic E-state index is -0.371. The first-order chi connectivity index (χ1) is 10.1. The third-order valence-electron chi connectivity index (χ3n) is 4.26. The largest absolute Gasteiger partial charge is 0.366 e. The fourth-order valence-electron chi connectivity index (χ4n) is 3.00. The summed E-state index contributed by atoms with van der Waals surface area (Å²) >= 11 is 0. The van der Waals surface area contributed by atoms with Crippen LogP contribution in [0.3, 0.4) is 0 Å². The van der Waals surface area contributed by atoms with E-state index >= 15 is 0 Å². The highest BCUT2D eigenvalue weighted by Crippen LogP contribution is 2.22. The lowest BCUT2D eigenvalue weighted by Crippen LogP contribution is -2.29. The number of primary amides is 1. The Morgan fingerprint density at radius 3 is 2.43 bits per heavy atom. The van der Waals surface area contributed by atoms with E-state index in [1.165, 1.54) is 16.7 Å². The molecule has 0 fully saturated rings. The predicted molar refractivity (Wildman–Crippen MR) is 84.2 cm³/mol. The zero-order valence-corrected chi connectivity index (χ0v) is 12.2. The summed E-state index contributed by atoms with van der Waals surface area (Å²) in [5, 5.41) is 3.62. The van der Waals surface area contributed by atoms with Crippen molar-refractivity contribution in [3.63, 3.8) is 0 Å². The standard InChI is InChI=1S/C18H20N2O/c1-12-8-15(18(19)21)6-7-16(12)11-20-17-9-13-4-2-3-5-14(13)10-17/h2-8,17,20H,9-11H2,1H3,(H2,19,21). The second kappa shape index (κ2) is 5.70. The van der Waals surface area contributed by atoms with Gasteiger partial charge in [0.2, 0.25) is 5.91 Å². The number of carbonyl (C=O) groups excluding carboxylic acids is 1. The molecule has 0 unspecified atom stereocenters. The highest BCUT2D eigenvalue weighted by atomic mass is 16.1. The molecule has 21 heavy (non-hydrogen) atoms. The number of benzene rings is 2. The van der Waals surface area contributed by atoms with Crippen LogP contribution in [0, 0.1) is 6.92 Å². The van der Waals surface area contributed by atoms with Gasteiger partial charge in [0, 0.05) is 18.2 Å². The number of rotatable bonds is 4. The van der Waals surface area contributed by atoms with Crippen molar-refractivity contribution in [2.45, 2.75) is 32.4 Å². The molecule has 0 radical (unpaired) electrons. The minimum absolute atomic E-state index is 0.371. The van der Waals surface area contributed by atoms with Crippen LogP contribution < -0.4 is 11.1 Å². The number of fused-ring (bicyclic) bond motifs is 1. The van der Waals surface area contributed by atoms with Gasteiger partial charge in [-0.05, 0) is 54.2 Å². The van der Waals surface area contributed by atoms with Crippen molar-refractivity contribution >= 4 is 5.91 Å². The summed E-state index contributed by atoms with van der Waals surface area (Å²) in [5.41, 5.74) is 11.1. The van der Waals surface area contributed by atoms with Gasteiger partial charge in [-0.3, -0.25) is 4.79 Å². The second-order valence-corrected chi connectivity index (χ2v) is 5.76. The number of amides is 1. The highest BCUT2D eigenvalue weighted by molar-refractivity contribution is 5.93. The van der Waals surface area contributed by atoms with E-state index in [4.69, 9.17) is 5.73 Å². The molecule has 108 valence electrons. The van der Waals surface area contributed by atoms with Gasteiger partial charge in [0.25, 0.3) is 0 Å². The van der Waals surface area contributed by atoms with E-state index in [9.17, 15) is 4.79 Å². The summed E-state index contributed by atoms with van der Waals surface area (Å²) in [4.78, 5) is 11.2. The van der Waals surface area contributed by atoms with Crippen LogP contribution in [-0.4, -0.2) is 11.9 Å². The van der Waals surface area contributed by atoms with Gasteiger partial charge in [-0.25, -0.2) is 0 Å². The molecule has 1 amide bonds. The summed E-state index contributed by atoms with van der Waals surface area (Å²) in [5.74, 6) is -0.371. The van der Waals surface area contributed by atoms with Crippen molar-refractivity contribution in [2.24, 2.45) is 5.73 Å². The molecule has 3 N–H and O–H groups in total. The Morgan fingerprint density at radius 1 is 1.19 bits per heavy atom. The normalized spacial score (nSPS) is 14.1. The first-order valence-electron chi connectivity index (χ1n) is 7.33. The summed E-state index contributed by atoms with van der Waals surface area (Å²) in [6, 6.07) is 14.8. The third kappa shape index (κ3) is 2.98. The zero-order chi connectivity index (χ0) is 14.8. The van der Waals surface area contributed by atoms with Gasteiger partial charge in [0.05, 0.1) is 0 Å². The van der Waals surface area contributed by atoms with Crippen LogP contribution in [0.25, 0.3) is 0 Å². The average Bonchev–Trinajstić information content (AvgIpc) is 2.88. The van der Waals surface area contributed by atoms with Gasteiger partial charge in [-0.15, -0.1) is 0 Å². The van der Waals surface area contributed by atoms with E-state index < -0.39 is 0 Å². The van der Waals surface area contributed by atoms with Crippen molar-refractivity contribution in [3.05, 3.63) is 70.3 Å². The van der Waals surface area contributed by atoms with Gasteiger partial charge in [0.1, 0.15) is 0 Å². The summed E-state index contributed by atoms with van der Waals surface area (Å²) < 4.78 is 0. The van der Waals surface area contributed by atoms with Gasteiger partial charge < -0.3 is 11.1 Å². The maximum Gasteiger partial charge on any atom is 0.248 e. The number of nitrogens with two attached hydrogens (primary N) is 1. The third-order valence-corrected chi connectivity index (χ3v) is 4.26. The lowest BCUT2D eigenvalue weighted by Gasteiger charge is -2.14. The van der Waals surface area contributed by atoms with Crippen LogP contribution in [-0.2, 0) is 19.4 Å².